The van der Waals surface area contributed by atoms with Crippen molar-refractivity contribution < 1.29 is 37.3 Å². The number of nitrogens with one attached hydrogen (secondary N) is 1. The summed E-state index contributed by atoms with van der Waals surface area (Å²) < 4.78 is 30.1. The number of hydrogen-bond donors (Lipinski definition) is 1. The Morgan fingerprint density at radius 1 is 0.521 bits per heavy atom. The molecule has 1 N–H and O–H groups in total. The third-order valence-electron chi connectivity index (χ3n) is 11.4. The van der Waals surface area contributed by atoms with E-state index in [1.165, 1.54) is 44.9 Å². The molecule has 0 aliphatic carbocycles. The van der Waals surface area contributed by atoms with Gasteiger partial charge in [-0.2, -0.15) is 0 Å². The van der Waals surface area contributed by atoms with Gasteiger partial charge in [0.1, 0.15) is 19.3 Å². The second kappa shape index (κ2) is 50.0. The van der Waals surface area contributed by atoms with Crippen LogP contribution in [0.25, 0.3) is 0 Å². The number of rotatable bonds is 48. The lowest BCUT2D eigenvalue weighted by Crippen LogP contribution is -2.47. The van der Waals surface area contributed by atoms with E-state index in [-0.39, 0.29) is 25.4 Å². The van der Waals surface area contributed by atoms with Crippen molar-refractivity contribution in [3.63, 3.8) is 0 Å². The smallest absolute Gasteiger partial charge is 0.306 e. The van der Waals surface area contributed by atoms with Crippen LogP contribution in [0.3, 0.4) is 0 Å². The predicted molar refractivity (Wildman–Crippen MR) is 302 cm³/mol. The molecule has 9 nitrogen and oxygen atoms in total. The van der Waals surface area contributed by atoms with E-state index in [2.05, 4.69) is 123 Å². The van der Waals surface area contributed by atoms with Crippen LogP contribution in [0.5, 0.6) is 0 Å². The number of carbonyl (C=O) groups is 2. The number of phosphoric ester groups is 1. The predicted octanol–water partition coefficient (Wildman–Crippen LogP) is 16.1. The molecule has 3 unspecified atom stereocenters. The SMILES string of the molecule is CC/C=C\C/C=C\C/C=C\C/C=C\C/C=C\C/C=C\CCCCC(=O)OC(/C=C\CCCCCCCCCCC)C(COP(=O)([O-])OCC[N+](C)(C)C)NC(=O)CCCCCCC\C=C/C=C/C=C/CC. The molecule has 0 radical (unpaired) electrons. The van der Waals surface area contributed by atoms with Gasteiger partial charge in [0, 0.05) is 12.8 Å². The van der Waals surface area contributed by atoms with E-state index in [4.69, 9.17) is 13.8 Å². The van der Waals surface area contributed by atoms with E-state index in [0.717, 1.165) is 109 Å². The number of phosphoric acid groups is 1. The molecule has 0 spiro atoms. The molecule has 0 saturated carbocycles. The Hall–Kier alpha value is -3.59. The van der Waals surface area contributed by atoms with E-state index >= 15 is 0 Å². The molecule has 10 heteroatoms. The second-order valence-electron chi connectivity index (χ2n) is 19.4. The molecule has 0 aliphatic rings. The van der Waals surface area contributed by atoms with Gasteiger partial charge in [-0.3, -0.25) is 14.2 Å². The molecular formula is C61H103N2O7P. The fourth-order valence-corrected chi connectivity index (χ4v) is 7.89. The Bertz CT molecular complexity index is 1630. The summed E-state index contributed by atoms with van der Waals surface area (Å²) in [4.78, 5) is 39.8. The number of amides is 1. The Morgan fingerprint density at radius 2 is 0.972 bits per heavy atom. The lowest BCUT2D eigenvalue weighted by molar-refractivity contribution is -0.870. The van der Waals surface area contributed by atoms with Crippen LogP contribution < -0.4 is 10.2 Å². The molecule has 71 heavy (non-hydrogen) atoms. The average Bonchev–Trinajstić information content (AvgIpc) is 3.33. The molecule has 0 bridgehead atoms. The molecule has 404 valence electrons. The van der Waals surface area contributed by atoms with E-state index in [1.807, 2.05) is 39.4 Å². The average molecular weight is 1010 g/mol. The minimum Gasteiger partial charge on any atom is -0.756 e. The first-order valence-corrected chi connectivity index (χ1v) is 29.3. The molecule has 0 fully saturated rings. The molecular weight excluding hydrogens is 904 g/mol. The van der Waals surface area contributed by atoms with Gasteiger partial charge in [0.2, 0.25) is 5.91 Å². The maximum Gasteiger partial charge on any atom is 0.306 e. The molecule has 0 rings (SSSR count). The van der Waals surface area contributed by atoms with Gasteiger partial charge in [-0.1, -0.05) is 207 Å². The Kier molecular flexibility index (Phi) is 47.4. The monoisotopic (exact) mass is 1010 g/mol. The summed E-state index contributed by atoms with van der Waals surface area (Å²) >= 11 is 0. The molecule has 0 saturated heterocycles. The van der Waals surface area contributed by atoms with Crippen LogP contribution in [0.1, 0.15) is 201 Å². The van der Waals surface area contributed by atoms with Crippen molar-refractivity contribution in [2.45, 2.75) is 213 Å². The fraction of sp³-hybridized carbons (Fsp3) is 0.639. The van der Waals surface area contributed by atoms with Gasteiger partial charge in [0.05, 0.1) is 33.8 Å². The molecule has 0 aromatic rings. The van der Waals surface area contributed by atoms with E-state index < -0.39 is 32.5 Å². The summed E-state index contributed by atoms with van der Waals surface area (Å²) in [5.74, 6) is -0.629. The summed E-state index contributed by atoms with van der Waals surface area (Å²) in [7, 11) is 1.12. The highest BCUT2D eigenvalue weighted by molar-refractivity contribution is 7.45. The first-order chi connectivity index (χ1) is 34.4. The van der Waals surface area contributed by atoms with Crippen LogP contribution in [0, 0.1) is 0 Å². The van der Waals surface area contributed by atoms with Gasteiger partial charge in [-0.05, 0) is 102 Å². The summed E-state index contributed by atoms with van der Waals surface area (Å²) in [5, 5.41) is 2.98. The molecule has 1 amide bonds. The Balaban J connectivity index is 5.42. The third-order valence-corrected chi connectivity index (χ3v) is 12.4. The van der Waals surface area contributed by atoms with Crippen molar-refractivity contribution in [1.82, 2.24) is 5.32 Å². The standard InChI is InChI=1S/C61H103N2O7P/c1-7-10-13-16-19-22-25-27-28-29-30-31-32-33-34-36-39-42-45-48-51-54-61(65)70-59(52-49-46-43-40-37-24-21-18-15-12-9-3)58(57-69-71(66,67)68-56-55-63(4,5)6)62-60(64)53-50-47-44-41-38-35-26-23-20-17-14-11-8-2/h10-11,13-14,17,19-20,22-23,26-28,30-31,33-34,39,42,49,52,58-59H,7-9,12,15-16,18,21,24-25,29,32,35-38,40-41,43-48,50-51,53-57H2,1-6H3,(H-,62,64,66,67)/b13-10-,14-11+,20-17+,22-19-,26-23-,28-27-,31-30-,34-33-,42-39-,52-49-. The van der Waals surface area contributed by atoms with Gasteiger partial charge in [-0.25, -0.2) is 0 Å². The maximum absolute atomic E-state index is 13.4. The lowest BCUT2D eigenvalue weighted by atomic mass is 10.1. The van der Waals surface area contributed by atoms with Crippen LogP contribution in [0.2, 0.25) is 0 Å². The van der Waals surface area contributed by atoms with Gasteiger partial charge in [-0.15, -0.1) is 0 Å². The first-order valence-electron chi connectivity index (χ1n) is 27.9. The van der Waals surface area contributed by atoms with E-state index in [9.17, 15) is 19.0 Å². The first kappa shape index (κ1) is 67.4. The summed E-state index contributed by atoms with van der Waals surface area (Å²) in [6.45, 7) is 6.50. The fourth-order valence-electron chi connectivity index (χ4n) is 7.17. The van der Waals surface area contributed by atoms with Crippen LogP contribution in [0.15, 0.2) is 122 Å². The van der Waals surface area contributed by atoms with Crippen molar-refractivity contribution in [3.8, 4) is 0 Å². The zero-order chi connectivity index (χ0) is 52.2. The highest BCUT2D eigenvalue weighted by Crippen LogP contribution is 2.38. The number of hydrogen-bond acceptors (Lipinski definition) is 7. The number of esters is 1. The number of quaternary nitrogens is 1. The van der Waals surface area contributed by atoms with E-state index in [0.29, 0.717) is 23.9 Å². The number of unbranched alkanes of at least 4 members (excludes halogenated alkanes) is 16. The number of allylic oxidation sites excluding steroid dienone is 19. The topological polar surface area (TPSA) is 114 Å². The van der Waals surface area contributed by atoms with Crippen LogP contribution in [-0.2, 0) is 27.9 Å². The number of nitrogens with zero attached hydrogens (tertiary/aromatic N) is 1. The normalized spacial score (nSPS) is 14.7. The van der Waals surface area contributed by atoms with Crippen molar-refractivity contribution in [2.24, 2.45) is 0 Å². The zero-order valence-electron chi connectivity index (χ0n) is 45.9. The highest BCUT2D eigenvalue weighted by atomic mass is 31.2. The minimum atomic E-state index is -4.72. The second-order valence-corrected chi connectivity index (χ2v) is 20.8. The number of likely N-dealkylation sites (N-methyl/N-ethyl adjacent to an activating group) is 1. The molecule has 0 aliphatic heterocycles. The van der Waals surface area contributed by atoms with Crippen LogP contribution >= 0.6 is 7.82 Å². The Labute approximate surface area is 435 Å². The van der Waals surface area contributed by atoms with Gasteiger partial charge in [0.25, 0.3) is 7.82 Å². The largest absolute Gasteiger partial charge is 0.756 e. The lowest BCUT2D eigenvalue weighted by Gasteiger charge is -2.30. The summed E-state index contributed by atoms with van der Waals surface area (Å²) in [5.41, 5.74) is 0. The quantitative estimate of drug-likeness (QED) is 0.0161. The van der Waals surface area contributed by atoms with Crippen LogP contribution in [-0.4, -0.2) is 69.4 Å². The molecule has 3 atom stereocenters. The third kappa shape index (κ3) is 51.1. The summed E-state index contributed by atoms with van der Waals surface area (Å²) in [6, 6.07) is -0.924. The Morgan fingerprint density at radius 3 is 1.52 bits per heavy atom. The minimum absolute atomic E-state index is 0.0408. The van der Waals surface area contributed by atoms with Crippen molar-refractivity contribution >= 4 is 19.7 Å². The van der Waals surface area contributed by atoms with Crippen molar-refractivity contribution in [1.29, 1.82) is 0 Å². The van der Waals surface area contributed by atoms with Crippen molar-refractivity contribution in [3.05, 3.63) is 122 Å². The zero-order valence-corrected chi connectivity index (χ0v) is 46.8. The molecule has 0 aromatic carbocycles. The van der Waals surface area contributed by atoms with Gasteiger partial charge in [0.15, 0.2) is 0 Å². The number of ether oxygens (including phenoxy) is 1. The highest BCUT2D eigenvalue weighted by Gasteiger charge is 2.27. The molecule has 0 aromatic heterocycles. The van der Waals surface area contributed by atoms with E-state index in [1.54, 1.807) is 6.08 Å². The van der Waals surface area contributed by atoms with Crippen LogP contribution in [0.4, 0.5) is 0 Å². The number of carbonyl (C=O) groups excluding carboxylic acids is 2. The summed E-state index contributed by atoms with van der Waals surface area (Å²) in [6.07, 6.45) is 68.9. The van der Waals surface area contributed by atoms with Gasteiger partial charge >= 0.3 is 5.97 Å². The van der Waals surface area contributed by atoms with Gasteiger partial charge < -0.3 is 28.5 Å². The van der Waals surface area contributed by atoms with Crippen molar-refractivity contribution in [2.75, 3.05) is 40.9 Å². The molecule has 0 heterocycles. The maximum atomic E-state index is 13.4.